The van der Waals surface area contributed by atoms with Crippen molar-refractivity contribution >= 4 is 28.9 Å². The molecule has 0 radical (unpaired) electrons. The number of hydrogen-bond donors (Lipinski definition) is 0. The number of benzene rings is 1. The van der Waals surface area contributed by atoms with E-state index in [0.29, 0.717) is 18.0 Å². The van der Waals surface area contributed by atoms with Gasteiger partial charge in [0.2, 0.25) is 0 Å². The number of aromatic nitrogens is 1. The van der Waals surface area contributed by atoms with Crippen LogP contribution in [0.25, 0.3) is 0 Å². The zero-order chi connectivity index (χ0) is 15.5. The zero-order valence-electron chi connectivity index (χ0n) is 11.9. The fourth-order valence-corrected chi connectivity index (χ4v) is 2.86. The van der Waals surface area contributed by atoms with Crippen LogP contribution in [0.1, 0.15) is 11.3 Å². The molecule has 1 amide bonds. The van der Waals surface area contributed by atoms with Crippen molar-refractivity contribution in [1.29, 1.82) is 0 Å². The molecule has 0 saturated carbocycles. The summed E-state index contributed by atoms with van der Waals surface area (Å²) in [6.07, 6.45) is 0.754. The minimum atomic E-state index is -0.865. The highest BCUT2D eigenvalue weighted by molar-refractivity contribution is 7.09. The molecule has 22 heavy (non-hydrogen) atoms. The van der Waals surface area contributed by atoms with E-state index in [1.165, 1.54) is 18.4 Å². The number of carbonyl (C=O) groups excluding carboxylic acids is 2. The summed E-state index contributed by atoms with van der Waals surface area (Å²) in [5.41, 5.74) is 2.42. The van der Waals surface area contributed by atoms with Gasteiger partial charge >= 0.3 is 5.97 Å². The largest absolute Gasteiger partial charge is 0.478 e. The summed E-state index contributed by atoms with van der Waals surface area (Å²) in [6, 6.07) is 7.28. The van der Waals surface area contributed by atoms with Crippen LogP contribution in [0.2, 0.25) is 0 Å². The van der Waals surface area contributed by atoms with Gasteiger partial charge < -0.3 is 14.4 Å². The van der Waals surface area contributed by atoms with E-state index >= 15 is 0 Å². The van der Waals surface area contributed by atoms with Gasteiger partial charge in [-0.1, -0.05) is 12.1 Å². The first-order chi connectivity index (χ1) is 10.7. The maximum absolute atomic E-state index is 12.6. The second-order valence-electron chi connectivity index (χ2n) is 4.75. The number of carbonyl (C=O) groups is 2. The third-order valence-corrected chi connectivity index (χ3v) is 4.11. The number of esters is 1. The lowest BCUT2D eigenvalue weighted by Gasteiger charge is -2.33. The molecule has 0 N–H and O–H groups in total. The molecular formula is C15H14N2O4S. The Labute approximate surface area is 131 Å². The third-order valence-electron chi connectivity index (χ3n) is 3.34. The smallest absolute Gasteiger partial charge is 0.309 e. The molecule has 2 aromatic rings. The van der Waals surface area contributed by atoms with E-state index in [1.54, 1.807) is 22.7 Å². The van der Waals surface area contributed by atoms with Crippen molar-refractivity contribution < 1.29 is 19.1 Å². The molecule has 2 heterocycles. The highest BCUT2D eigenvalue weighted by atomic mass is 32.1. The van der Waals surface area contributed by atoms with Crippen LogP contribution in [-0.4, -0.2) is 30.1 Å². The molecule has 1 aliphatic heterocycles. The Hall–Kier alpha value is -2.41. The summed E-state index contributed by atoms with van der Waals surface area (Å²) in [4.78, 5) is 30.7. The Bertz CT molecular complexity index is 687. The summed E-state index contributed by atoms with van der Waals surface area (Å²) >= 11 is 1.48. The molecule has 1 aliphatic rings. The van der Waals surface area contributed by atoms with Gasteiger partial charge in [0.05, 0.1) is 31.3 Å². The number of nitrogens with zero attached hydrogens (tertiary/aromatic N) is 2. The molecule has 114 valence electrons. The molecule has 0 bridgehead atoms. The van der Waals surface area contributed by atoms with Gasteiger partial charge in [-0.3, -0.25) is 14.6 Å². The molecule has 0 aliphatic carbocycles. The highest BCUT2D eigenvalue weighted by Gasteiger charge is 2.36. The van der Waals surface area contributed by atoms with Crippen LogP contribution in [0, 0.1) is 0 Å². The molecule has 0 unspecified atom stereocenters. The number of methoxy groups -OCH3 is 1. The van der Waals surface area contributed by atoms with Gasteiger partial charge in [0.15, 0.2) is 6.10 Å². The van der Waals surface area contributed by atoms with Crippen LogP contribution in [0.5, 0.6) is 5.75 Å². The topological polar surface area (TPSA) is 68.7 Å². The van der Waals surface area contributed by atoms with E-state index in [-0.39, 0.29) is 12.3 Å². The van der Waals surface area contributed by atoms with Gasteiger partial charge in [-0.25, -0.2) is 0 Å². The van der Waals surface area contributed by atoms with E-state index in [2.05, 4.69) is 9.72 Å². The predicted octanol–water partition coefficient (Wildman–Crippen LogP) is 2.00. The average molecular weight is 318 g/mol. The minimum Gasteiger partial charge on any atom is -0.478 e. The van der Waals surface area contributed by atoms with E-state index < -0.39 is 12.1 Å². The SMILES string of the molecule is COC(=O)C[C@H]1Oc2ccccc2N(Cc2cncs2)C1=O. The van der Waals surface area contributed by atoms with E-state index in [0.717, 1.165) is 4.88 Å². The second kappa shape index (κ2) is 6.15. The first-order valence-corrected chi connectivity index (χ1v) is 7.58. The Morgan fingerprint density at radius 1 is 1.45 bits per heavy atom. The van der Waals surface area contributed by atoms with Gasteiger partial charge in [-0.15, -0.1) is 11.3 Å². The maximum Gasteiger partial charge on any atom is 0.309 e. The normalized spacial score (nSPS) is 16.9. The molecule has 6 nitrogen and oxygen atoms in total. The van der Waals surface area contributed by atoms with Crippen LogP contribution >= 0.6 is 11.3 Å². The van der Waals surface area contributed by atoms with Crippen molar-refractivity contribution in [3.8, 4) is 5.75 Å². The molecule has 3 rings (SSSR count). The number of fused-ring (bicyclic) bond motifs is 1. The minimum absolute atomic E-state index is 0.108. The first kappa shape index (κ1) is 14.5. The second-order valence-corrected chi connectivity index (χ2v) is 5.72. The van der Waals surface area contributed by atoms with Crippen molar-refractivity contribution in [2.75, 3.05) is 12.0 Å². The van der Waals surface area contributed by atoms with E-state index in [1.807, 2.05) is 18.2 Å². The Kier molecular flexibility index (Phi) is 4.06. The van der Waals surface area contributed by atoms with Crippen LogP contribution in [0.4, 0.5) is 5.69 Å². The van der Waals surface area contributed by atoms with Gasteiger partial charge in [0.25, 0.3) is 5.91 Å². The number of ether oxygens (including phenoxy) is 2. The van der Waals surface area contributed by atoms with Gasteiger partial charge in [-0.2, -0.15) is 0 Å². The number of thiazole rings is 1. The lowest BCUT2D eigenvalue weighted by molar-refractivity contribution is -0.145. The predicted molar refractivity (Wildman–Crippen MR) is 80.8 cm³/mol. The quantitative estimate of drug-likeness (QED) is 0.807. The van der Waals surface area contributed by atoms with Crippen LogP contribution in [0.3, 0.4) is 0 Å². The van der Waals surface area contributed by atoms with Crippen molar-refractivity contribution in [3.05, 3.63) is 40.8 Å². The number of rotatable bonds is 4. The fourth-order valence-electron chi connectivity index (χ4n) is 2.28. The van der Waals surface area contributed by atoms with Crippen molar-refractivity contribution in [2.45, 2.75) is 19.1 Å². The highest BCUT2D eigenvalue weighted by Crippen LogP contribution is 2.35. The average Bonchev–Trinajstić information content (AvgIpc) is 3.04. The number of hydrogen-bond acceptors (Lipinski definition) is 6. The standard InChI is InChI=1S/C15H14N2O4S/c1-20-14(18)6-13-15(19)17(8-10-7-16-9-22-10)11-4-2-3-5-12(11)21-13/h2-5,7,9,13H,6,8H2,1H3/t13-/m1/s1. The summed E-state index contributed by atoms with van der Waals surface area (Å²) in [6.45, 7) is 0.404. The third kappa shape index (κ3) is 2.80. The molecule has 1 aromatic carbocycles. The number of anilines is 1. The van der Waals surface area contributed by atoms with Crippen molar-refractivity contribution in [3.63, 3.8) is 0 Å². The van der Waals surface area contributed by atoms with Crippen LogP contribution in [-0.2, 0) is 20.9 Å². The molecular weight excluding hydrogens is 304 g/mol. The molecule has 1 aromatic heterocycles. The van der Waals surface area contributed by atoms with Crippen molar-refractivity contribution in [2.24, 2.45) is 0 Å². The summed E-state index contributed by atoms with van der Waals surface area (Å²) in [7, 11) is 1.29. The summed E-state index contributed by atoms with van der Waals surface area (Å²) in [5.74, 6) is -0.145. The number of para-hydroxylation sites is 2. The monoisotopic (exact) mass is 318 g/mol. The molecule has 0 fully saturated rings. The van der Waals surface area contributed by atoms with E-state index in [4.69, 9.17) is 4.74 Å². The molecule has 7 heteroatoms. The fraction of sp³-hybridized carbons (Fsp3) is 0.267. The lowest BCUT2D eigenvalue weighted by atomic mass is 10.1. The van der Waals surface area contributed by atoms with Crippen LogP contribution in [0.15, 0.2) is 36.0 Å². The van der Waals surface area contributed by atoms with Gasteiger partial charge in [0, 0.05) is 11.1 Å². The molecule has 0 spiro atoms. The van der Waals surface area contributed by atoms with Gasteiger partial charge in [-0.05, 0) is 12.1 Å². The summed E-state index contributed by atoms with van der Waals surface area (Å²) < 4.78 is 10.3. The lowest BCUT2D eigenvalue weighted by Crippen LogP contribution is -2.46. The van der Waals surface area contributed by atoms with Crippen molar-refractivity contribution in [1.82, 2.24) is 4.98 Å². The van der Waals surface area contributed by atoms with Gasteiger partial charge in [0.1, 0.15) is 5.75 Å². The number of amides is 1. The summed E-state index contributed by atoms with van der Waals surface area (Å²) in [5, 5.41) is 0. The Balaban J connectivity index is 1.91. The Morgan fingerprint density at radius 2 is 2.27 bits per heavy atom. The first-order valence-electron chi connectivity index (χ1n) is 6.70. The molecule has 0 saturated heterocycles. The molecule has 1 atom stereocenters. The van der Waals surface area contributed by atoms with E-state index in [9.17, 15) is 9.59 Å². The Morgan fingerprint density at radius 3 is 3.00 bits per heavy atom. The van der Waals surface area contributed by atoms with Crippen LogP contribution < -0.4 is 9.64 Å². The maximum atomic E-state index is 12.6. The zero-order valence-corrected chi connectivity index (χ0v) is 12.7.